The molecule has 192 valence electrons. The molecule has 0 radical (unpaired) electrons. The van der Waals surface area contributed by atoms with Crippen molar-refractivity contribution in [2.75, 3.05) is 4.90 Å². The van der Waals surface area contributed by atoms with Gasteiger partial charge in [-0.3, -0.25) is 0 Å². The van der Waals surface area contributed by atoms with Gasteiger partial charge in [-0.05, 0) is 76.6 Å². The number of nitrogens with zero attached hydrogens (tertiary/aromatic N) is 1. The van der Waals surface area contributed by atoms with Gasteiger partial charge in [0.1, 0.15) is 0 Å². The van der Waals surface area contributed by atoms with Crippen LogP contribution >= 0.6 is 0 Å². The van der Waals surface area contributed by atoms with Crippen molar-refractivity contribution in [2.45, 2.75) is 72.6 Å². The fourth-order valence-corrected chi connectivity index (χ4v) is 5.14. The maximum atomic E-state index is 2.41. The van der Waals surface area contributed by atoms with E-state index in [9.17, 15) is 0 Å². The molecular weight excluding hydrogens is 446 g/mol. The molecule has 37 heavy (non-hydrogen) atoms. The van der Waals surface area contributed by atoms with Gasteiger partial charge in [0.2, 0.25) is 0 Å². The smallest absolute Gasteiger partial charge is 0.0465 e. The Morgan fingerprint density at radius 2 is 1.24 bits per heavy atom. The molecule has 1 fully saturated rings. The number of anilines is 3. The zero-order chi connectivity index (χ0) is 26.4. The standard InChI is InChI=1S/C30H29N.C4H8.C2H6/c1-4-11-22-16-19-28-27(20-22)26-18-17-25(21-29(26)30(28,2)3)31(23-12-7-5-8-13-23)24-14-9-6-10-15-24;1-4-2-3-4;1-2/h5-10,12-21H,4,11H2,1-3H3;4H,2-3H2,1H3;1-2H3. The fourth-order valence-electron chi connectivity index (χ4n) is 5.14. The lowest BCUT2D eigenvalue weighted by molar-refractivity contribution is 0.660. The Morgan fingerprint density at radius 1 is 0.676 bits per heavy atom. The van der Waals surface area contributed by atoms with Crippen LogP contribution in [-0.2, 0) is 11.8 Å². The first kappa shape index (κ1) is 26.7. The maximum absolute atomic E-state index is 2.41. The normalized spacial score (nSPS) is 14.3. The van der Waals surface area contributed by atoms with E-state index >= 15 is 0 Å². The third kappa shape index (κ3) is 5.82. The summed E-state index contributed by atoms with van der Waals surface area (Å²) in [5, 5.41) is 0. The molecular formula is C36H43N. The summed E-state index contributed by atoms with van der Waals surface area (Å²) in [5.74, 6) is 1.08. The summed E-state index contributed by atoms with van der Waals surface area (Å²) in [6, 6.07) is 35.4. The predicted molar refractivity (Wildman–Crippen MR) is 162 cm³/mol. The molecule has 1 heteroatoms. The molecule has 0 heterocycles. The van der Waals surface area contributed by atoms with Gasteiger partial charge < -0.3 is 4.90 Å². The summed E-state index contributed by atoms with van der Waals surface area (Å²) in [6.07, 6.45) is 5.29. The fraction of sp³-hybridized carbons (Fsp3) is 0.333. The zero-order valence-corrected chi connectivity index (χ0v) is 23.6. The van der Waals surface area contributed by atoms with Crippen molar-refractivity contribution in [3.63, 3.8) is 0 Å². The Labute approximate surface area is 225 Å². The highest BCUT2D eigenvalue weighted by atomic mass is 15.1. The van der Waals surface area contributed by atoms with E-state index in [1.54, 1.807) is 0 Å². The van der Waals surface area contributed by atoms with Crippen LogP contribution in [0.15, 0.2) is 97.1 Å². The minimum absolute atomic E-state index is 0.00946. The van der Waals surface area contributed by atoms with E-state index < -0.39 is 0 Å². The molecule has 4 aromatic rings. The molecule has 0 unspecified atom stereocenters. The number of fused-ring (bicyclic) bond motifs is 3. The van der Waals surface area contributed by atoms with Crippen molar-refractivity contribution < 1.29 is 0 Å². The van der Waals surface area contributed by atoms with Crippen LogP contribution in [0.2, 0.25) is 0 Å². The van der Waals surface area contributed by atoms with Crippen molar-refractivity contribution in [3.8, 4) is 11.1 Å². The van der Waals surface area contributed by atoms with Crippen LogP contribution in [0.5, 0.6) is 0 Å². The SMILES string of the molecule is CC.CC1CC1.CCCc1ccc2c(c1)-c1ccc(N(c3ccccc3)c3ccccc3)cc1C2(C)C. The van der Waals surface area contributed by atoms with E-state index in [2.05, 4.69) is 130 Å². The molecule has 0 spiro atoms. The summed E-state index contributed by atoms with van der Waals surface area (Å²) >= 11 is 0. The van der Waals surface area contributed by atoms with Crippen LogP contribution in [0.4, 0.5) is 17.1 Å². The Bertz CT molecular complexity index is 1240. The van der Waals surface area contributed by atoms with Crippen molar-refractivity contribution in [1.82, 2.24) is 0 Å². The van der Waals surface area contributed by atoms with Gasteiger partial charge >= 0.3 is 0 Å². The Hall–Kier alpha value is -3.32. The zero-order valence-electron chi connectivity index (χ0n) is 23.6. The van der Waals surface area contributed by atoms with Crippen LogP contribution in [0, 0.1) is 5.92 Å². The minimum Gasteiger partial charge on any atom is -0.310 e. The molecule has 0 atom stereocenters. The van der Waals surface area contributed by atoms with Crippen LogP contribution in [0.3, 0.4) is 0 Å². The van der Waals surface area contributed by atoms with Gasteiger partial charge in [-0.25, -0.2) is 0 Å². The van der Waals surface area contributed by atoms with Gasteiger partial charge in [0, 0.05) is 22.5 Å². The van der Waals surface area contributed by atoms with Crippen molar-refractivity contribution in [2.24, 2.45) is 5.92 Å². The van der Waals surface area contributed by atoms with E-state index in [-0.39, 0.29) is 5.41 Å². The molecule has 2 aliphatic rings. The second kappa shape index (κ2) is 11.8. The molecule has 2 aliphatic carbocycles. The quantitative estimate of drug-likeness (QED) is 0.269. The summed E-state index contributed by atoms with van der Waals surface area (Å²) in [6.45, 7) is 13.2. The molecule has 1 saturated carbocycles. The molecule has 0 aromatic heterocycles. The van der Waals surface area contributed by atoms with Crippen molar-refractivity contribution >= 4 is 17.1 Å². The van der Waals surface area contributed by atoms with Crippen molar-refractivity contribution in [1.29, 1.82) is 0 Å². The number of para-hydroxylation sites is 2. The second-order valence-corrected chi connectivity index (χ2v) is 10.7. The lowest BCUT2D eigenvalue weighted by Crippen LogP contribution is -2.16. The number of benzene rings is 4. The van der Waals surface area contributed by atoms with E-state index in [1.807, 2.05) is 13.8 Å². The minimum atomic E-state index is -0.00946. The summed E-state index contributed by atoms with van der Waals surface area (Å²) in [5.41, 5.74) is 10.6. The highest BCUT2D eigenvalue weighted by Gasteiger charge is 2.36. The van der Waals surface area contributed by atoms with Crippen LogP contribution in [0.25, 0.3) is 11.1 Å². The number of rotatable bonds is 5. The number of aryl methyl sites for hydroxylation is 1. The molecule has 0 bridgehead atoms. The third-order valence-electron chi connectivity index (χ3n) is 7.42. The largest absolute Gasteiger partial charge is 0.310 e. The molecule has 0 amide bonds. The average molecular weight is 490 g/mol. The Morgan fingerprint density at radius 3 is 1.76 bits per heavy atom. The number of hydrogen-bond acceptors (Lipinski definition) is 1. The van der Waals surface area contributed by atoms with Crippen LogP contribution < -0.4 is 4.90 Å². The topological polar surface area (TPSA) is 3.24 Å². The maximum Gasteiger partial charge on any atom is 0.0465 e. The third-order valence-corrected chi connectivity index (χ3v) is 7.42. The molecule has 1 nitrogen and oxygen atoms in total. The van der Waals surface area contributed by atoms with Gasteiger partial charge in [0.25, 0.3) is 0 Å². The average Bonchev–Trinajstić information content (AvgIpc) is 3.69. The molecule has 4 aromatic carbocycles. The summed E-state index contributed by atoms with van der Waals surface area (Å²) < 4.78 is 0. The lowest BCUT2D eigenvalue weighted by atomic mass is 9.82. The first-order valence-electron chi connectivity index (χ1n) is 14.2. The van der Waals surface area contributed by atoms with Crippen molar-refractivity contribution in [3.05, 3.63) is 114 Å². The Balaban J connectivity index is 0.000000479. The lowest BCUT2D eigenvalue weighted by Gasteiger charge is -2.28. The molecule has 6 rings (SSSR count). The van der Waals surface area contributed by atoms with Gasteiger partial charge in [-0.1, -0.05) is 121 Å². The van der Waals surface area contributed by atoms with Crippen LogP contribution in [0.1, 0.15) is 77.5 Å². The molecule has 0 N–H and O–H groups in total. The molecule has 0 aliphatic heterocycles. The first-order valence-corrected chi connectivity index (χ1v) is 14.2. The summed E-state index contributed by atoms with van der Waals surface area (Å²) in [7, 11) is 0. The first-order chi connectivity index (χ1) is 18.0. The van der Waals surface area contributed by atoms with Gasteiger partial charge in [-0.15, -0.1) is 0 Å². The summed E-state index contributed by atoms with van der Waals surface area (Å²) in [4.78, 5) is 2.35. The van der Waals surface area contributed by atoms with Gasteiger partial charge in [0.15, 0.2) is 0 Å². The van der Waals surface area contributed by atoms with E-state index in [0.29, 0.717) is 0 Å². The number of hydrogen-bond donors (Lipinski definition) is 0. The Kier molecular flexibility index (Phi) is 8.54. The monoisotopic (exact) mass is 489 g/mol. The predicted octanol–water partition coefficient (Wildman–Crippen LogP) is 10.9. The van der Waals surface area contributed by atoms with E-state index in [4.69, 9.17) is 0 Å². The van der Waals surface area contributed by atoms with Crippen LogP contribution in [-0.4, -0.2) is 0 Å². The molecule has 0 saturated heterocycles. The van der Waals surface area contributed by atoms with E-state index in [0.717, 1.165) is 12.3 Å². The highest BCUT2D eigenvalue weighted by molar-refractivity contribution is 5.85. The second-order valence-electron chi connectivity index (χ2n) is 10.7. The van der Waals surface area contributed by atoms with Gasteiger partial charge in [0.05, 0.1) is 0 Å². The van der Waals surface area contributed by atoms with Gasteiger partial charge in [-0.2, -0.15) is 0 Å². The van der Waals surface area contributed by atoms with E-state index in [1.165, 1.54) is 64.1 Å². The highest BCUT2D eigenvalue weighted by Crippen LogP contribution is 2.50.